The van der Waals surface area contributed by atoms with Gasteiger partial charge in [-0.3, -0.25) is 19.5 Å². The molecule has 0 amide bonds. The highest BCUT2D eigenvalue weighted by molar-refractivity contribution is 7.85. The van der Waals surface area contributed by atoms with Gasteiger partial charge in [-0.15, -0.1) is 3.97 Å². The van der Waals surface area contributed by atoms with Crippen molar-refractivity contribution in [2.45, 2.75) is 36.7 Å². The van der Waals surface area contributed by atoms with E-state index < -0.39 is 69.3 Å². The lowest BCUT2D eigenvalue weighted by molar-refractivity contribution is -0.0868. The van der Waals surface area contributed by atoms with Gasteiger partial charge in [0.25, 0.3) is 0 Å². The van der Waals surface area contributed by atoms with Crippen LogP contribution in [-0.2, 0) is 32.8 Å². The zero-order valence-electron chi connectivity index (χ0n) is 15.0. The van der Waals surface area contributed by atoms with Gasteiger partial charge in [-0.05, 0) is 0 Å². The van der Waals surface area contributed by atoms with Crippen molar-refractivity contribution in [1.82, 2.24) is 9.57 Å². The average Bonchev–Trinajstić information content (AvgIpc) is 3.14. The molecule has 0 aromatic rings. The molecule has 0 bridgehead atoms. The number of aliphatic imine (C=N–C) groups is 2. The maximum atomic E-state index is 11.8. The lowest BCUT2D eigenvalue weighted by atomic mass is 10.1. The van der Waals surface area contributed by atoms with Crippen molar-refractivity contribution in [3.63, 3.8) is 0 Å². The first-order chi connectivity index (χ1) is 14.1. The highest BCUT2D eigenvalue weighted by Crippen LogP contribution is 2.47. The molecule has 3 aliphatic heterocycles. The van der Waals surface area contributed by atoms with Gasteiger partial charge < -0.3 is 34.5 Å². The van der Waals surface area contributed by atoms with E-state index in [9.17, 15) is 42.4 Å². The molecule has 3 heterocycles. The summed E-state index contributed by atoms with van der Waals surface area (Å²) in [4.78, 5) is 36.8. The van der Waals surface area contributed by atoms with Crippen LogP contribution in [0.1, 0.15) is 0 Å². The summed E-state index contributed by atoms with van der Waals surface area (Å²) in [5.41, 5.74) is 0. The quantitative estimate of drug-likeness (QED) is 0.132. The zero-order valence-corrected chi connectivity index (χ0v) is 17.6. The van der Waals surface area contributed by atoms with E-state index in [2.05, 4.69) is 18.5 Å². The summed E-state index contributed by atoms with van der Waals surface area (Å²) in [5, 5.41) is 28.2. The van der Waals surface area contributed by atoms with Crippen LogP contribution >= 0.6 is 15.6 Å². The molecule has 0 aliphatic carbocycles. The first kappa shape index (κ1) is 24.3. The third kappa shape index (κ3) is 5.19. The molecule has 3 rings (SSSR count). The number of phosphoric acid groups is 1. The molecule has 176 valence electrons. The molecule has 0 saturated carbocycles. The van der Waals surface area contributed by atoms with Crippen molar-refractivity contribution in [3.8, 4) is 0 Å². The second-order valence-corrected chi connectivity index (χ2v) is 10.5. The number of ether oxygens (including phenoxy) is 1. The summed E-state index contributed by atoms with van der Waals surface area (Å²) in [6.45, 7) is -0.989. The number of nitrogens with zero attached hydrogens (tertiary/aromatic N) is 4. The number of hydrogen-bond donors (Lipinski definition) is 7. The summed E-state index contributed by atoms with van der Waals surface area (Å²) >= 11 is 0. The molecule has 0 radical (unpaired) electrons. The standard InChI is InChI=1S/C10H17N5O13P2S/c11-8-5-9(15(3-13-8)29(18,19)20)14(2-12-5)10-7(17)6(16)4(27-10)1-26-30(21,22)28-31(23,24)25/h2-7,9-11,16-17H,1H2,(H,21,22)(H2,18,19,20)(H,23,24,25)/t4-,5?,6-,7-,9?,10-/m1/s1. The molecular weight excluding hydrogens is 492 g/mol. The maximum Gasteiger partial charge on any atom is 0.488 e. The first-order valence-corrected chi connectivity index (χ1v) is 12.5. The van der Waals surface area contributed by atoms with Gasteiger partial charge in [-0.25, -0.2) is 18.8 Å². The first-order valence-electron chi connectivity index (χ1n) is 8.06. The van der Waals surface area contributed by atoms with Gasteiger partial charge in [-0.2, -0.15) is 8.42 Å². The van der Waals surface area contributed by atoms with Crippen molar-refractivity contribution in [3.05, 3.63) is 0 Å². The highest BCUT2D eigenvalue weighted by Gasteiger charge is 2.54. The summed E-state index contributed by atoms with van der Waals surface area (Å²) in [7, 11) is -15.6. The molecular formula is C10H17N5O13P2S. The molecule has 31 heavy (non-hydrogen) atoms. The van der Waals surface area contributed by atoms with Crippen LogP contribution in [0.25, 0.3) is 0 Å². The Labute approximate surface area is 173 Å². The van der Waals surface area contributed by atoms with E-state index in [1.807, 2.05) is 0 Å². The predicted molar refractivity (Wildman–Crippen MR) is 97.1 cm³/mol. The second-order valence-electron chi connectivity index (χ2n) is 6.41. The molecule has 3 unspecified atom stereocenters. The normalized spacial score (nSPS) is 35.5. The number of nitrogens with one attached hydrogen (secondary N) is 1. The minimum absolute atomic E-state index is 0.343. The minimum Gasteiger partial charge on any atom is -0.387 e. The Kier molecular flexibility index (Phi) is 6.44. The number of fused-ring (bicyclic) bond motifs is 1. The van der Waals surface area contributed by atoms with E-state index in [0.29, 0.717) is 4.67 Å². The van der Waals surface area contributed by atoms with E-state index in [0.717, 1.165) is 17.6 Å². The van der Waals surface area contributed by atoms with Crippen LogP contribution in [0.4, 0.5) is 0 Å². The number of aliphatic hydroxyl groups excluding tert-OH is 2. The molecule has 18 nitrogen and oxygen atoms in total. The fraction of sp³-hybridized carbons (Fsp3) is 0.700. The summed E-state index contributed by atoms with van der Waals surface area (Å²) in [6.07, 6.45) is -6.21. The van der Waals surface area contributed by atoms with E-state index in [4.69, 9.17) is 14.7 Å². The highest BCUT2D eigenvalue weighted by atomic mass is 32.3. The summed E-state index contributed by atoms with van der Waals surface area (Å²) in [6, 6.07) is -1.17. The molecule has 3 aliphatic rings. The molecule has 7 atom stereocenters. The van der Waals surface area contributed by atoms with E-state index in [-0.39, 0.29) is 5.84 Å². The smallest absolute Gasteiger partial charge is 0.387 e. The lowest BCUT2D eigenvalue weighted by Crippen LogP contribution is -2.58. The molecule has 0 aromatic heterocycles. The summed E-state index contributed by atoms with van der Waals surface area (Å²) < 4.78 is 66.5. The third-order valence-corrected chi connectivity index (χ3v) is 7.26. The Balaban J connectivity index is 1.76. The number of phosphoric ester groups is 1. The van der Waals surface area contributed by atoms with Gasteiger partial charge in [0.1, 0.15) is 30.8 Å². The topological polar surface area (TPSA) is 272 Å². The van der Waals surface area contributed by atoms with Gasteiger partial charge in [0.2, 0.25) is 0 Å². The van der Waals surface area contributed by atoms with E-state index in [1.54, 1.807) is 0 Å². The van der Waals surface area contributed by atoms with E-state index in [1.165, 1.54) is 0 Å². The third-order valence-electron chi connectivity index (χ3n) is 4.34. The van der Waals surface area contributed by atoms with Crippen molar-refractivity contribution >= 4 is 44.5 Å². The van der Waals surface area contributed by atoms with Crippen LogP contribution in [0.3, 0.4) is 0 Å². The van der Waals surface area contributed by atoms with Gasteiger partial charge >= 0.3 is 26.0 Å². The number of amidine groups is 1. The number of hydrogen-bond acceptors (Lipinski definition) is 12. The lowest BCUT2D eigenvalue weighted by Gasteiger charge is -2.40. The van der Waals surface area contributed by atoms with Crippen LogP contribution < -0.4 is 0 Å². The Morgan fingerprint density at radius 2 is 1.84 bits per heavy atom. The monoisotopic (exact) mass is 509 g/mol. The zero-order chi connectivity index (χ0) is 23.4. The van der Waals surface area contributed by atoms with Crippen LogP contribution in [0.2, 0.25) is 0 Å². The van der Waals surface area contributed by atoms with Crippen LogP contribution in [-0.4, -0.2) is 109 Å². The van der Waals surface area contributed by atoms with Crippen molar-refractivity contribution in [2.75, 3.05) is 6.61 Å². The minimum atomic E-state index is -5.34. The Hall–Kier alpha value is -1.34. The van der Waals surface area contributed by atoms with Gasteiger partial charge in [0.15, 0.2) is 18.1 Å². The molecule has 0 spiro atoms. The Morgan fingerprint density at radius 1 is 1.19 bits per heavy atom. The van der Waals surface area contributed by atoms with Crippen LogP contribution in [0.15, 0.2) is 9.98 Å². The maximum absolute atomic E-state index is 11.8. The molecule has 0 aromatic carbocycles. The largest absolute Gasteiger partial charge is 0.488 e. The van der Waals surface area contributed by atoms with Gasteiger partial charge in [-0.1, -0.05) is 0 Å². The van der Waals surface area contributed by atoms with Crippen LogP contribution in [0, 0.1) is 5.41 Å². The van der Waals surface area contributed by atoms with E-state index >= 15 is 0 Å². The SMILES string of the molecule is N=C1N=CN(P(=O)(O)O)C2C1N=CN2[C@@H]1O[C@H](COP(=O)(O)OS(=O)(=O)O)[C@@H](O)[C@H]1O. The predicted octanol–water partition coefficient (Wildman–Crippen LogP) is -3.18. The average molecular weight is 509 g/mol. The molecule has 1 fully saturated rings. The fourth-order valence-corrected chi connectivity index (χ4v) is 5.27. The number of aliphatic hydroxyl groups is 2. The second kappa shape index (κ2) is 8.22. The molecule has 1 saturated heterocycles. The summed E-state index contributed by atoms with van der Waals surface area (Å²) in [5.74, 6) is -0.343. The Bertz CT molecular complexity index is 999. The fourth-order valence-electron chi connectivity index (χ4n) is 3.08. The molecule has 7 N–H and O–H groups in total. The van der Waals surface area contributed by atoms with Gasteiger partial charge in [0.05, 0.1) is 12.9 Å². The molecule has 21 heteroatoms. The van der Waals surface area contributed by atoms with Crippen molar-refractivity contribution in [2.24, 2.45) is 9.98 Å². The Morgan fingerprint density at radius 3 is 2.42 bits per heavy atom. The van der Waals surface area contributed by atoms with Gasteiger partial charge in [0, 0.05) is 0 Å². The van der Waals surface area contributed by atoms with Crippen molar-refractivity contribution < 1.29 is 60.2 Å². The number of rotatable bonds is 7. The van der Waals surface area contributed by atoms with Crippen molar-refractivity contribution in [1.29, 1.82) is 5.41 Å². The van der Waals surface area contributed by atoms with Crippen LogP contribution in [0.5, 0.6) is 0 Å².